The summed E-state index contributed by atoms with van der Waals surface area (Å²) in [5, 5.41) is 3.12. The molecule has 0 bridgehead atoms. The van der Waals surface area contributed by atoms with Crippen molar-refractivity contribution in [2.75, 3.05) is 17.1 Å². The Labute approximate surface area is 222 Å². The van der Waals surface area contributed by atoms with Crippen LogP contribution in [0.4, 0.5) is 5.69 Å². The lowest BCUT2D eigenvalue weighted by atomic mass is 10.1. The fourth-order valence-corrected chi connectivity index (χ4v) is 5.72. The number of nitrogens with zero attached hydrogens (tertiary/aromatic N) is 2. The third-order valence-corrected chi connectivity index (χ3v) is 8.18. The zero-order valence-electron chi connectivity index (χ0n) is 20.5. The summed E-state index contributed by atoms with van der Waals surface area (Å²) in [6, 6.07) is 14.2. The minimum atomic E-state index is -3.73. The predicted octanol–water partition coefficient (Wildman–Crippen LogP) is 4.23. The number of anilines is 1. The Bertz CT molecular complexity index is 1130. The zero-order chi connectivity index (χ0) is 25.6. The van der Waals surface area contributed by atoms with Gasteiger partial charge in [-0.2, -0.15) is 0 Å². The van der Waals surface area contributed by atoms with Crippen LogP contribution in [-0.2, 0) is 26.2 Å². The quantitative estimate of drug-likeness (QED) is 0.408. The van der Waals surface area contributed by atoms with Gasteiger partial charge in [-0.25, -0.2) is 8.42 Å². The van der Waals surface area contributed by atoms with Crippen molar-refractivity contribution in [2.45, 2.75) is 64.6 Å². The van der Waals surface area contributed by atoms with Crippen LogP contribution in [0.15, 0.2) is 48.5 Å². The van der Waals surface area contributed by atoms with Crippen molar-refractivity contribution in [3.8, 4) is 0 Å². The molecule has 35 heavy (non-hydrogen) atoms. The summed E-state index contributed by atoms with van der Waals surface area (Å²) < 4.78 is 27.4. The average Bonchev–Trinajstić information content (AvgIpc) is 3.30. The second-order valence-electron chi connectivity index (χ2n) is 9.17. The number of hydrogen-bond acceptors (Lipinski definition) is 4. The topological polar surface area (TPSA) is 86.8 Å². The molecule has 190 valence electrons. The normalized spacial score (nSPS) is 15.0. The first-order valence-corrected chi connectivity index (χ1v) is 14.9. The Kier molecular flexibility index (Phi) is 9.57. The van der Waals surface area contributed by atoms with Crippen molar-refractivity contribution < 1.29 is 18.0 Å². The van der Waals surface area contributed by atoms with Crippen LogP contribution in [0.1, 0.15) is 50.2 Å². The number of carbonyl (C=O) groups is 2. The Balaban J connectivity index is 1.91. The van der Waals surface area contributed by atoms with Crippen LogP contribution in [0.3, 0.4) is 0 Å². The second-order valence-corrected chi connectivity index (χ2v) is 12.3. The molecule has 0 radical (unpaired) electrons. The number of sulfonamides is 1. The molecule has 0 unspecified atom stereocenters. The van der Waals surface area contributed by atoms with Crippen molar-refractivity contribution >= 4 is 50.1 Å². The van der Waals surface area contributed by atoms with Gasteiger partial charge in [-0.05, 0) is 78.6 Å². The summed E-state index contributed by atoms with van der Waals surface area (Å²) in [5.74, 6) is -0.593. The van der Waals surface area contributed by atoms with Gasteiger partial charge in [0.05, 0.1) is 11.9 Å². The van der Waals surface area contributed by atoms with E-state index in [1.165, 1.54) is 4.90 Å². The summed E-state index contributed by atoms with van der Waals surface area (Å²) in [7, 11) is -3.73. The van der Waals surface area contributed by atoms with E-state index in [4.69, 9.17) is 0 Å². The lowest BCUT2D eigenvalue weighted by Crippen LogP contribution is -2.53. The number of carbonyl (C=O) groups excluding carboxylic acids is 2. The van der Waals surface area contributed by atoms with E-state index in [9.17, 15) is 18.0 Å². The Morgan fingerprint density at radius 3 is 2.34 bits per heavy atom. The highest BCUT2D eigenvalue weighted by Crippen LogP contribution is 2.22. The number of benzene rings is 2. The molecule has 1 aliphatic rings. The van der Waals surface area contributed by atoms with E-state index in [0.717, 1.165) is 50.9 Å². The van der Waals surface area contributed by atoms with Crippen LogP contribution in [-0.4, -0.2) is 50.0 Å². The molecule has 0 aliphatic heterocycles. The van der Waals surface area contributed by atoms with Crippen molar-refractivity contribution in [2.24, 2.45) is 0 Å². The minimum Gasteiger partial charge on any atom is -0.352 e. The molecule has 0 spiro atoms. The van der Waals surface area contributed by atoms with Crippen molar-refractivity contribution in [1.29, 1.82) is 0 Å². The summed E-state index contributed by atoms with van der Waals surface area (Å²) in [5.41, 5.74) is 2.36. The van der Waals surface area contributed by atoms with E-state index in [-0.39, 0.29) is 25.0 Å². The number of aryl methyl sites for hydroxylation is 1. The first-order chi connectivity index (χ1) is 16.6. The van der Waals surface area contributed by atoms with Crippen LogP contribution in [0.2, 0.25) is 0 Å². The van der Waals surface area contributed by atoms with E-state index >= 15 is 0 Å². The highest BCUT2D eigenvalue weighted by atomic mass is 127. The molecule has 1 atom stereocenters. The first kappa shape index (κ1) is 27.4. The van der Waals surface area contributed by atoms with Crippen LogP contribution < -0.4 is 9.62 Å². The molecule has 2 aromatic rings. The minimum absolute atomic E-state index is 0.131. The fourth-order valence-electron chi connectivity index (χ4n) is 4.52. The zero-order valence-corrected chi connectivity index (χ0v) is 23.5. The van der Waals surface area contributed by atoms with Crippen molar-refractivity contribution in [3.63, 3.8) is 0 Å². The molecule has 1 saturated carbocycles. The van der Waals surface area contributed by atoms with Gasteiger partial charge in [-0.15, -0.1) is 0 Å². The summed E-state index contributed by atoms with van der Waals surface area (Å²) in [6.07, 6.45) is 5.59. The first-order valence-electron chi connectivity index (χ1n) is 12.0. The Morgan fingerprint density at radius 1 is 1.11 bits per heavy atom. The molecule has 7 nitrogen and oxygen atoms in total. The van der Waals surface area contributed by atoms with Gasteiger partial charge in [0.25, 0.3) is 0 Å². The van der Waals surface area contributed by atoms with E-state index in [1.54, 1.807) is 24.3 Å². The van der Waals surface area contributed by atoms with Gasteiger partial charge < -0.3 is 10.2 Å². The standard InChI is InChI=1S/C26H34IN3O4S/c1-4-24(26(32)28-22-10-5-6-11-22)29(17-20-9-7-8-19(2)16-20)25(31)18-30(35(3,33)34)23-14-12-21(27)13-15-23/h7-9,12-16,22,24H,4-6,10-11,17-18H2,1-3H3,(H,28,32)/t24-/m1/s1. The molecule has 1 fully saturated rings. The summed E-state index contributed by atoms with van der Waals surface area (Å²) >= 11 is 2.15. The molecule has 0 saturated heterocycles. The molecule has 0 aromatic heterocycles. The molecule has 2 aromatic carbocycles. The number of amides is 2. The molecule has 1 N–H and O–H groups in total. The third-order valence-electron chi connectivity index (χ3n) is 6.32. The maximum Gasteiger partial charge on any atom is 0.244 e. The third kappa shape index (κ3) is 7.67. The van der Waals surface area contributed by atoms with Gasteiger partial charge in [-0.3, -0.25) is 13.9 Å². The van der Waals surface area contributed by atoms with Crippen LogP contribution in [0.5, 0.6) is 0 Å². The van der Waals surface area contributed by atoms with Gasteiger partial charge in [-0.1, -0.05) is 49.6 Å². The molecule has 0 heterocycles. The lowest BCUT2D eigenvalue weighted by Gasteiger charge is -2.33. The van der Waals surface area contributed by atoms with Crippen molar-refractivity contribution in [3.05, 3.63) is 63.2 Å². The van der Waals surface area contributed by atoms with Gasteiger partial charge in [0.2, 0.25) is 21.8 Å². The summed E-state index contributed by atoms with van der Waals surface area (Å²) in [6.45, 7) is 3.70. The van der Waals surface area contributed by atoms with Crippen molar-refractivity contribution in [1.82, 2.24) is 10.2 Å². The number of hydrogen-bond donors (Lipinski definition) is 1. The lowest BCUT2D eigenvalue weighted by molar-refractivity contribution is -0.140. The number of halogens is 1. The van der Waals surface area contributed by atoms with Gasteiger partial charge in [0.15, 0.2) is 0 Å². The Hall–Kier alpha value is -2.14. The van der Waals surface area contributed by atoms with Gasteiger partial charge in [0.1, 0.15) is 12.6 Å². The molecular formula is C26H34IN3O4S. The number of nitrogens with one attached hydrogen (secondary N) is 1. The predicted molar refractivity (Wildman–Crippen MR) is 148 cm³/mol. The maximum atomic E-state index is 13.7. The molecular weight excluding hydrogens is 577 g/mol. The van der Waals surface area contributed by atoms with Gasteiger partial charge >= 0.3 is 0 Å². The monoisotopic (exact) mass is 611 g/mol. The van der Waals surface area contributed by atoms with Crippen LogP contribution in [0.25, 0.3) is 0 Å². The van der Waals surface area contributed by atoms with Gasteiger partial charge in [0, 0.05) is 16.2 Å². The van der Waals surface area contributed by atoms with E-state index in [1.807, 2.05) is 38.1 Å². The summed E-state index contributed by atoms with van der Waals surface area (Å²) in [4.78, 5) is 28.5. The molecule has 1 aliphatic carbocycles. The van der Waals surface area contributed by atoms with E-state index in [0.29, 0.717) is 12.1 Å². The van der Waals surface area contributed by atoms with Crippen LogP contribution in [0, 0.1) is 10.5 Å². The molecule has 9 heteroatoms. The Morgan fingerprint density at radius 2 is 1.77 bits per heavy atom. The number of rotatable bonds is 10. The molecule has 3 rings (SSSR count). The highest BCUT2D eigenvalue weighted by Gasteiger charge is 2.33. The largest absolute Gasteiger partial charge is 0.352 e. The smallest absolute Gasteiger partial charge is 0.244 e. The fraction of sp³-hybridized carbons (Fsp3) is 0.462. The van der Waals surface area contributed by atoms with E-state index < -0.39 is 22.0 Å². The van der Waals surface area contributed by atoms with E-state index in [2.05, 4.69) is 27.9 Å². The highest BCUT2D eigenvalue weighted by molar-refractivity contribution is 14.1. The maximum absolute atomic E-state index is 13.7. The molecule has 2 amide bonds. The average molecular weight is 612 g/mol. The van der Waals surface area contributed by atoms with Crippen LogP contribution >= 0.6 is 22.6 Å². The second kappa shape index (κ2) is 12.2. The SMILES string of the molecule is CC[C@H](C(=O)NC1CCCC1)N(Cc1cccc(C)c1)C(=O)CN(c1ccc(I)cc1)S(C)(=O)=O.